The van der Waals surface area contributed by atoms with Crippen molar-refractivity contribution in [2.45, 2.75) is 0 Å². The molecule has 3 N–H and O–H groups in total. The Hall–Kier alpha value is -2.43. The summed E-state index contributed by atoms with van der Waals surface area (Å²) in [6.45, 7) is 0. The molecule has 1 aromatic heterocycles. The van der Waals surface area contributed by atoms with Crippen molar-refractivity contribution in [2.24, 2.45) is 7.05 Å². The average molecular weight is 245 g/mol. The highest BCUT2D eigenvalue weighted by Crippen LogP contribution is 2.18. The monoisotopic (exact) mass is 245 g/mol. The highest BCUT2D eigenvalue weighted by atomic mass is 16.5. The van der Waals surface area contributed by atoms with Crippen LogP contribution in [0.5, 0.6) is 5.75 Å². The van der Waals surface area contributed by atoms with E-state index in [1.165, 1.54) is 0 Å². The molecule has 94 valence electrons. The molecule has 1 amide bonds. The van der Waals surface area contributed by atoms with Gasteiger partial charge in [-0.1, -0.05) is 6.07 Å². The van der Waals surface area contributed by atoms with Crippen LogP contribution in [0, 0.1) is 0 Å². The molecule has 0 radical (unpaired) electrons. The lowest BCUT2D eigenvalue weighted by atomic mass is 10.3. The van der Waals surface area contributed by atoms with Gasteiger partial charge in [0.1, 0.15) is 11.4 Å². The molecule has 5 heteroatoms. The molecule has 2 aromatic rings. The van der Waals surface area contributed by atoms with Gasteiger partial charge >= 0.3 is 0 Å². The second-order valence-corrected chi connectivity index (χ2v) is 3.96. The molecule has 1 aromatic carbocycles. The number of hydrogen-bond donors (Lipinski definition) is 2. The first-order chi connectivity index (χ1) is 8.60. The number of aryl methyl sites for hydroxylation is 1. The number of hydrogen-bond acceptors (Lipinski definition) is 3. The maximum Gasteiger partial charge on any atom is 0.272 e. The highest BCUT2D eigenvalue weighted by molar-refractivity contribution is 6.03. The van der Waals surface area contributed by atoms with Crippen LogP contribution in [0.4, 0.5) is 11.4 Å². The van der Waals surface area contributed by atoms with E-state index in [2.05, 4.69) is 5.32 Å². The van der Waals surface area contributed by atoms with Gasteiger partial charge in [0.15, 0.2) is 0 Å². The Morgan fingerprint density at radius 1 is 1.39 bits per heavy atom. The third-order valence-corrected chi connectivity index (χ3v) is 2.59. The number of nitrogen functional groups attached to an aromatic ring is 1. The first-order valence-electron chi connectivity index (χ1n) is 5.47. The van der Waals surface area contributed by atoms with Crippen molar-refractivity contribution in [1.82, 2.24) is 4.57 Å². The maximum absolute atomic E-state index is 12.0. The van der Waals surface area contributed by atoms with Crippen molar-refractivity contribution < 1.29 is 9.53 Å². The molecule has 2 rings (SSSR count). The first kappa shape index (κ1) is 12.0. The third kappa shape index (κ3) is 2.45. The Morgan fingerprint density at radius 2 is 2.17 bits per heavy atom. The molecule has 0 unspecified atom stereocenters. The molecule has 0 bridgehead atoms. The number of ether oxygens (including phenoxy) is 1. The van der Waals surface area contributed by atoms with Crippen LogP contribution < -0.4 is 15.8 Å². The largest absolute Gasteiger partial charge is 0.497 e. The molecule has 0 spiro atoms. The van der Waals surface area contributed by atoms with Gasteiger partial charge in [-0.05, 0) is 18.2 Å². The Balaban J connectivity index is 2.18. The van der Waals surface area contributed by atoms with Crippen LogP contribution in [0.15, 0.2) is 36.5 Å². The van der Waals surface area contributed by atoms with Crippen molar-refractivity contribution in [3.05, 3.63) is 42.2 Å². The minimum atomic E-state index is -0.206. The molecular weight excluding hydrogens is 230 g/mol. The highest BCUT2D eigenvalue weighted by Gasteiger charge is 2.11. The van der Waals surface area contributed by atoms with Crippen molar-refractivity contribution in [3.63, 3.8) is 0 Å². The van der Waals surface area contributed by atoms with E-state index in [-0.39, 0.29) is 5.91 Å². The molecule has 1 heterocycles. The zero-order valence-corrected chi connectivity index (χ0v) is 10.3. The SMILES string of the molecule is COc1cccc(NC(=O)c2cc(N)cn2C)c1. The first-order valence-corrected chi connectivity index (χ1v) is 5.47. The zero-order valence-electron chi connectivity index (χ0n) is 10.3. The Morgan fingerprint density at radius 3 is 2.78 bits per heavy atom. The van der Waals surface area contributed by atoms with Gasteiger partial charge in [0, 0.05) is 25.0 Å². The Kier molecular flexibility index (Phi) is 3.23. The van der Waals surface area contributed by atoms with Crippen molar-refractivity contribution in [2.75, 3.05) is 18.2 Å². The summed E-state index contributed by atoms with van der Waals surface area (Å²) in [7, 11) is 3.36. The van der Waals surface area contributed by atoms with Gasteiger partial charge in [-0.2, -0.15) is 0 Å². The number of nitrogens with zero attached hydrogens (tertiary/aromatic N) is 1. The van der Waals surface area contributed by atoms with E-state index in [9.17, 15) is 4.79 Å². The minimum Gasteiger partial charge on any atom is -0.497 e. The van der Waals surface area contributed by atoms with E-state index in [1.807, 2.05) is 12.1 Å². The number of methoxy groups -OCH3 is 1. The fourth-order valence-corrected chi connectivity index (χ4v) is 1.71. The van der Waals surface area contributed by atoms with Gasteiger partial charge in [0.25, 0.3) is 5.91 Å². The van der Waals surface area contributed by atoms with E-state index in [0.717, 1.165) is 0 Å². The number of carbonyl (C=O) groups excluding carboxylic acids is 1. The molecular formula is C13H15N3O2. The molecule has 0 aliphatic heterocycles. The van der Waals surface area contributed by atoms with E-state index < -0.39 is 0 Å². The van der Waals surface area contributed by atoms with Crippen molar-refractivity contribution in [1.29, 1.82) is 0 Å². The van der Waals surface area contributed by atoms with Crippen LogP contribution in [0.25, 0.3) is 0 Å². The number of rotatable bonds is 3. The van der Waals surface area contributed by atoms with Gasteiger partial charge in [-0.25, -0.2) is 0 Å². The topological polar surface area (TPSA) is 69.3 Å². The Bertz CT molecular complexity index is 575. The summed E-state index contributed by atoms with van der Waals surface area (Å²) >= 11 is 0. The van der Waals surface area contributed by atoms with Crippen LogP contribution in [0.1, 0.15) is 10.5 Å². The van der Waals surface area contributed by atoms with Crippen molar-refractivity contribution >= 4 is 17.3 Å². The lowest BCUT2D eigenvalue weighted by Crippen LogP contribution is -2.15. The molecule has 0 saturated heterocycles. The number of anilines is 2. The molecule has 18 heavy (non-hydrogen) atoms. The van der Waals surface area contributed by atoms with E-state index >= 15 is 0 Å². The normalized spacial score (nSPS) is 10.1. The second-order valence-electron chi connectivity index (χ2n) is 3.96. The number of benzene rings is 1. The van der Waals surface area contributed by atoms with Gasteiger partial charge < -0.3 is 20.4 Å². The summed E-state index contributed by atoms with van der Waals surface area (Å²) in [4.78, 5) is 12.0. The van der Waals surface area contributed by atoms with Crippen LogP contribution in [-0.4, -0.2) is 17.6 Å². The smallest absolute Gasteiger partial charge is 0.272 e. The number of amides is 1. The summed E-state index contributed by atoms with van der Waals surface area (Å²) in [6, 6.07) is 8.82. The predicted molar refractivity (Wildman–Crippen MR) is 70.8 cm³/mol. The van der Waals surface area contributed by atoms with Crippen LogP contribution in [-0.2, 0) is 7.05 Å². The van der Waals surface area contributed by atoms with Crippen LogP contribution >= 0.6 is 0 Å². The quantitative estimate of drug-likeness (QED) is 0.867. The van der Waals surface area contributed by atoms with E-state index in [1.54, 1.807) is 43.1 Å². The lowest BCUT2D eigenvalue weighted by Gasteiger charge is -2.07. The van der Waals surface area contributed by atoms with Gasteiger partial charge in [0.05, 0.1) is 12.8 Å². The molecule has 0 aliphatic carbocycles. The summed E-state index contributed by atoms with van der Waals surface area (Å²) in [5.74, 6) is 0.488. The number of nitrogens with one attached hydrogen (secondary N) is 1. The van der Waals surface area contributed by atoms with E-state index in [0.29, 0.717) is 22.8 Å². The zero-order chi connectivity index (χ0) is 13.1. The molecule has 0 saturated carbocycles. The second kappa shape index (κ2) is 4.83. The van der Waals surface area contributed by atoms with Crippen LogP contribution in [0.2, 0.25) is 0 Å². The lowest BCUT2D eigenvalue weighted by molar-refractivity contribution is 0.101. The standard InChI is InChI=1S/C13H15N3O2/c1-16-8-9(14)6-12(16)13(17)15-10-4-3-5-11(7-10)18-2/h3-8H,14H2,1-2H3,(H,15,17). The fraction of sp³-hybridized carbons (Fsp3) is 0.154. The minimum absolute atomic E-state index is 0.206. The summed E-state index contributed by atoms with van der Waals surface area (Å²) in [5, 5.41) is 2.79. The number of nitrogens with two attached hydrogens (primary N) is 1. The van der Waals surface area contributed by atoms with E-state index in [4.69, 9.17) is 10.5 Å². The molecule has 5 nitrogen and oxygen atoms in total. The molecule has 0 aliphatic rings. The maximum atomic E-state index is 12.0. The van der Waals surface area contributed by atoms with Gasteiger partial charge in [-0.15, -0.1) is 0 Å². The summed E-state index contributed by atoms with van der Waals surface area (Å²) in [5.41, 5.74) is 7.39. The number of carbonyl (C=O) groups is 1. The Labute approximate surface area is 105 Å². The number of aromatic nitrogens is 1. The molecule has 0 fully saturated rings. The molecule has 0 atom stereocenters. The van der Waals surface area contributed by atoms with Gasteiger partial charge in [-0.3, -0.25) is 4.79 Å². The summed E-state index contributed by atoms with van der Waals surface area (Å²) < 4.78 is 6.78. The predicted octanol–water partition coefficient (Wildman–Crippen LogP) is 1.87. The average Bonchev–Trinajstić information content (AvgIpc) is 2.69. The summed E-state index contributed by atoms with van der Waals surface area (Å²) in [6.07, 6.45) is 1.69. The van der Waals surface area contributed by atoms with Crippen molar-refractivity contribution in [3.8, 4) is 5.75 Å². The van der Waals surface area contributed by atoms with Gasteiger partial charge in [0.2, 0.25) is 0 Å². The van der Waals surface area contributed by atoms with Crippen LogP contribution in [0.3, 0.4) is 0 Å². The fourth-order valence-electron chi connectivity index (χ4n) is 1.71. The third-order valence-electron chi connectivity index (χ3n) is 2.59.